The Hall–Kier alpha value is -2.55. The van der Waals surface area contributed by atoms with Crippen molar-refractivity contribution in [2.75, 3.05) is 21.1 Å². The van der Waals surface area contributed by atoms with E-state index in [1.165, 1.54) is 17.0 Å². The number of hydrogen-bond donors (Lipinski definition) is 4. The molecule has 1 amide bonds. The van der Waals surface area contributed by atoms with Crippen LogP contribution in [0.15, 0.2) is 10.1 Å². The molecular weight excluding hydrogens is 300 g/mol. The highest BCUT2D eigenvalue weighted by Crippen LogP contribution is 2.41. The number of hydrogen-bond acceptors (Lipinski definition) is 6. The van der Waals surface area contributed by atoms with E-state index in [0.29, 0.717) is 0 Å². The zero-order valence-electron chi connectivity index (χ0n) is 11.5. The van der Waals surface area contributed by atoms with Crippen molar-refractivity contribution in [2.45, 2.75) is 0 Å². The quantitative estimate of drug-likeness (QED) is 0.634. The topological polar surface area (TPSA) is 128 Å². The van der Waals surface area contributed by atoms with Gasteiger partial charge >= 0.3 is 0 Å². The third-order valence-electron chi connectivity index (χ3n) is 2.72. The number of H-pyrrole nitrogens is 1. The fourth-order valence-corrected chi connectivity index (χ4v) is 1.83. The maximum atomic E-state index is 11.9. The number of aromatic amines is 1. The maximum absolute atomic E-state index is 11.9. The van der Waals surface area contributed by atoms with E-state index in [2.05, 4.69) is 15.1 Å². The molecule has 2 heterocycles. The van der Waals surface area contributed by atoms with Crippen molar-refractivity contribution in [3.8, 4) is 11.8 Å². The third kappa shape index (κ3) is 2.42. The molecule has 0 atom stereocenters. The second-order valence-corrected chi connectivity index (χ2v) is 4.84. The fraction of sp³-hybridized carbons (Fsp3) is 0.273. The standard InChI is InChI=1S/C11H13ClN6O3/c1-17(2)11(21)7-5(13)8(18(3)16-7)14-6-4(12)9(19)15-10(6)20/h13,15,19-20H,1-3H3. The van der Waals surface area contributed by atoms with Gasteiger partial charge in [0.25, 0.3) is 5.91 Å². The van der Waals surface area contributed by atoms with Crippen LogP contribution >= 0.6 is 11.6 Å². The molecule has 112 valence electrons. The minimum Gasteiger partial charge on any atom is -0.493 e. The number of aromatic nitrogens is 1. The molecular formula is C11H13ClN6O3. The van der Waals surface area contributed by atoms with E-state index in [1.54, 1.807) is 14.1 Å². The predicted molar refractivity (Wildman–Crippen MR) is 77.8 cm³/mol. The van der Waals surface area contributed by atoms with Gasteiger partial charge in [0.05, 0.1) is 0 Å². The van der Waals surface area contributed by atoms with Crippen LogP contribution in [0.1, 0.15) is 0 Å². The predicted octanol–water partition coefficient (Wildman–Crippen LogP) is 0.519. The number of halogens is 1. The van der Waals surface area contributed by atoms with Crippen LogP contribution in [-0.2, 0) is 4.79 Å². The first-order chi connectivity index (χ1) is 9.73. The van der Waals surface area contributed by atoms with Gasteiger partial charge < -0.3 is 15.1 Å². The Morgan fingerprint density at radius 3 is 2.52 bits per heavy atom. The summed E-state index contributed by atoms with van der Waals surface area (Å²) in [7, 11) is 4.58. The number of carbonyl (C=O) groups excluding carboxylic acids is 1. The molecule has 1 aliphatic rings. The van der Waals surface area contributed by atoms with E-state index in [-0.39, 0.29) is 28.0 Å². The van der Waals surface area contributed by atoms with Gasteiger partial charge in [0.1, 0.15) is 16.4 Å². The summed E-state index contributed by atoms with van der Waals surface area (Å²) >= 11 is 5.79. The first kappa shape index (κ1) is 14.9. The van der Waals surface area contributed by atoms with E-state index >= 15 is 0 Å². The van der Waals surface area contributed by atoms with Crippen molar-refractivity contribution in [3.05, 3.63) is 5.02 Å². The van der Waals surface area contributed by atoms with Gasteiger partial charge in [-0.1, -0.05) is 11.6 Å². The summed E-state index contributed by atoms with van der Waals surface area (Å²) < 4.78 is 0. The average molecular weight is 313 g/mol. The highest BCUT2D eigenvalue weighted by Gasteiger charge is 2.32. The number of carbonyl (C=O) groups is 1. The molecule has 0 aromatic carbocycles. The molecule has 1 aliphatic heterocycles. The molecule has 2 rings (SSSR count). The van der Waals surface area contributed by atoms with Gasteiger partial charge in [0.2, 0.25) is 11.8 Å². The number of rotatable bonds is 2. The highest BCUT2D eigenvalue weighted by molar-refractivity contribution is 6.82. The molecule has 1 aromatic rings. The Morgan fingerprint density at radius 1 is 1.43 bits per heavy atom. The summed E-state index contributed by atoms with van der Waals surface area (Å²) in [4.78, 5) is 19.4. The van der Waals surface area contributed by atoms with Crippen LogP contribution < -0.4 is 0 Å². The Morgan fingerprint density at radius 2 is 2.05 bits per heavy atom. The molecule has 0 bridgehead atoms. The Labute approximate surface area is 124 Å². The number of nitrogens with one attached hydrogen (secondary N) is 2. The molecule has 0 saturated carbocycles. The smallest absolute Gasteiger partial charge is 0.276 e. The van der Waals surface area contributed by atoms with Crippen molar-refractivity contribution in [2.24, 2.45) is 10.1 Å². The van der Waals surface area contributed by atoms with Gasteiger partial charge in [0, 0.05) is 21.1 Å². The van der Waals surface area contributed by atoms with Crippen LogP contribution in [0.5, 0.6) is 11.8 Å². The van der Waals surface area contributed by atoms with Crippen molar-refractivity contribution < 1.29 is 15.0 Å². The molecule has 0 unspecified atom stereocenters. The number of amides is 1. The fourth-order valence-electron chi connectivity index (χ4n) is 1.66. The monoisotopic (exact) mass is 312 g/mol. The van der Waals surface area contributed by atoms with Crippen LogP contribution in [-0.4, -0.2) is 69.4 Å². The third-order valence-corrected chi connectivity index (χ3v) is 3.08. The summed E-state index contributed by atoms with van der Waals surface area (Å²) in [6, 6.07) is 0. The molecule has 1 aromatic heterocycles. The first-order valence-corrected chi connectivity index (χ1v) is 6.13. The van der Waals surface area contributed by atoms with Gasteiger partial charge in [-0.25, -0.2) is 10.0 Å². The highest BCUT2D eigenvalue weighted by atomic mass is 35.5. The zero-order valence-corrected chi connectivity index (χ0v) is 12.2. The number of aromatic hydroxyl groups is 2. The van der Waals surface area contributed by atoms with E-state index in [0.717, 1.165) is 0 Å². The van der Waals surface area contributed by atoms with Gasteiger partial charge in [-0.3, -0.25) is 15.2 Å². The minimum absolute atomic E-state index is 0.0244. The van der Waals surface area contributed by atoms with Gasteiger partial charge in [-0.05, 0) is 0 Å². The molecule has 10 heteroatoms. The summed E-state index contributed by atoms with van der Waals surface area (Å²) in [5, 5.41) is 31.9. The number of hydrazone groups is 1. The summed E-state index contributed by atoms with van der Waals surface area (Å²) in [6.07, 6.45) is 0. The summed E-state index contributed by atoms with van der Waals surface area (Å²) in [5.74, 6) is -1.30. The molecule has 4 N–H and O–H groups in total. The average Bonchev–Trinajstić information content (AvgIpc) is 2.81. The van der Waals surface area contributed by atoms with Crippen LogP contribution in [0, 0.1) is 5.41 Å². The molecule has 0 aliphatic carbocycles. The molecule has 0 fully saturated rings. The van der Waals surface area contributed by atoms with E-state index in [1.807, 2.05) is 0 Å². The Balaban J connectivity index is 2.42. The number of nitrogens with zero attached hydrogens (tertiary/aromatic N) is 4. The van der Waals surface area contributed by atoms with Crippen LogP contribution in [0.25, 0.3) is 0 Å². The van der Waals surface area contributed by atoms with E-state index in [4.69, 9.17) is 17.0 Å². The lowest BCUT2D eigenvalue weighted by atomic mass is 10.2. The second kappa shape index (κ2) is 5.09. The second-order valence-electron chi connectivity index (χ2n) is 4.47. The van der Waals surface area contributed by atoms with Crippen molar-refractivity contribution in [1.82, 2.24) is 14.9 Å². The Kier molecular flexibility index (Phi) is 3.60. The zero-order chi connectivity index (χ0) is 15.9. The van der Waals surface area contributed by atoms with E-state index < -0.39 is 17.7 Å². The molecule has 9 nitrogen and oxygen atoms in total. The number of aliphatic imine (C=N–C) groups is 1. The molecule has 21 heavy (non-hydrogen) atoms. The van der Waals surface area contributed by atoms with Gasteiger partial charge in [0.15, 0.2) is 11.5 Å². The lowest BCUT2D eigenvalue weighted by molar-refractivity contribution is -0.121. The van der Waals surface area contributed by atoms with Crippen LogP contribution in [0.3, 0.4) is 0 Å². The lowest BCUT2D eigenvalue weighted by Gasteiger charge is -2.08. The molecule has 0 spiro atoms. The molecule has 0 radical (unpaired) electrons. The normalized spacial score (nSPS) is 16.6. The van der Waals surface area contributed by atoms with Crippen molar-refractivity contribution in [3.63, 3.8) is 0 Å². The van der Waals surface area contributed by atoms with Gasteiger partial charge in [-0.15, -0.1) is 0 Å². The summed E-state index contributed by atoms with van der Waals surface area (Å²) in [5.41, 5.74) is -0.404. The largest absolute Gasteiger partial charge is 0.493 e. The van der Waals surface area contributed by atoms with Crippen molar-refractivity contribution >= 4 is 40.5 Å². The maximum Gasteiger partial charge on any atom is 0.276 e. The Bertz CT molecular complexity index is 690. The van der Waals surface area contributed by atoms with Crippen molar-refractivity contribution in [1.29, 1.82) is 5.41 Å². The lowest BCUT2D eigenvalue weighted by Crippen LogP contribution is -2.35. The van der Waals surface area contributed by atoms with Gasteiger partial charge in [-0.2, -0.15) is 5.10 Å². The van der Waals surface area contributed by atoms with Crippen LogP contribution in [0.2, 0.25) is 5.02 Å². The van der Waals surface area contributed by atoms with Crippen LogP contribution in [0.4, 0.5) is 5.69 Å². The van der Waals surface area contributed by atoms with E-state index in [9.17, 15) is 15.0 Å². The first-order valence-electron chi connectivity index (χ1n) is 5.75. The minimum atomic E-state index is -0.446. The summed E-state index contributed by atoms with van der Waals surface area (Å²) in [6.45, 7) is 0. The number of amidine groups is 1. The SMILES string of the molecule is CN(C)C(=O)C1=NN(C)C(=Nc2c(O)[nH]c(O)c2Cl)C1=N. The molecule has 0 saturated heterocycles.